The summed E-state index contributed by atoms with van der Waals surface area (Å²) in [7, 11) is 1.24. The number of carbonyl (C=O) groups is 1. The molecule has 0 aliphatic rings. The third-order valence-corrected chi connectivity index (χ3v) is 1.82. The van der Waals surface area contributed by atoms with Crippen molar-refractivity contribution >= 4 is 11.8 Å². The van der Waals surface area contributed by atoms with E-state index in [0.717, 1.165) is 0 Å². The molecule has 1 heterocycles. The maximum absolute atomic E-state index is 11.1. The zero-order chi connectivity index (χ0) is 12.0. The van der Waals surface area contributed by atoms with E-state index < -0.39 is 12.0 Å². The van der Waals surface area contributed by atoms with Gasteiger partial charge in [0.15, 0.2) is 5.69 Å². The molecule has 0 fully saturated rings. The summed E-state index contributed by atoms with van der Waals surface area (Å²) >= 11 is 0. The third-order valence-electron chi connectivity index (χ3n) is 1.82. The Balaban J connectivity index is 2.78. The Labute approximate surface area is 92.1 Å². The fraction of sp³-hybridized carbons (Fsp3) is 0.444. The number of aliphatic hydroxyl groups is 2. The van der Waals surface area contributed by atoms with Gasteiger partial charge in [-0.3, -0.25) is 4.98 Å². The first kappa shape index (κ1) is 12.3. The van der Waals surface area contributed by atoms with Crippen molar-refractivity contribution in [3.63, 3.8) is 0 Å². The molecule has 1 aromatic heterocycles. The molecule has 0 spiro atoms. The molecule has 0 aromatic carbocycles. The molecular weight excluding hydrogens is 214 g/mol. The molecule has 3 N–H and O–H groups in total. The number of aromatic nitrogens is 2. The first-order valence-corrected chi connectivity index (χ1v) is 4.60. The molecule has 0 unspecified atom stereocenters. The molecule has 0 aliphatic heterocycles. The van der Waals surface area contributed by atoms with Crippen molar-refractivity contribution in [2.75, 3.05) is 25.6 Å². The minimum absolute atomic E-state index is 0.0575. The molecule has 0 radical (unpaired) electrons. The molecule has 88 valence electrons. The van der Waals surface area contributed by atoms with Crippen molar-refractivity contribution in [2.45, 2.75) is 6.04 Å². The molecule has 0 aliphatic carbocycles. The van der Waals surface area contributed by atoms with E-state index in [0.29, 0.717) is 0 Å². The number of nitrogens with zero attached hydrogens (tertiary/aromatic N) is 2. The first-order chi connectivity index (χ1) is 7.71. The van der Waals surface area contributed by atoms with Crippen LogP contribution in [-0.4, -0.2) is 52.5 Å². The van der Waals surface area contributed by atoms with Crippen LogP contribution in [0, 0.1) is 0 Å². The van der Waals surface area contributed by atoms with E-state index in [2.05, 4.69) is 20.0 Å². The molecule has 0 amide bonds. The van der Waals surface area contributed by atoms with Crippen LogP contribution in [-0.2, 0) is 4.74 Å². The van der Waals surface area contributed by atoms with Crippen molar-refractivity contribution < 1.29 is 19.7 Å². The molecule has 7 nitrogen and oxygen atoms in total. The average molecular weight is 227 g/mol. The maximum atomic E-state index is 11.1. The second kappa shape index (κ2) is 5.99. The van der Waals surface area contributed by atoms with Gasteiger partial charge in [0.2, 0.25) is 0 Å². The van der Waals surface area contributed by atoms with E-state index in [9.17, 15) is 4.79 Å². The van der Waals surface area contributed by atoms with Crippen molar-refractivity contribution in [1.82, 2.24) is 9.97 Å². The van der Waals surface area contributed by atoms with Crippen LogP contribution in [0.3, 0.4) is 0 Å². The summed E-state index contributed by atoms with van der Waals surface area (Å²) in [6, 6.07) is -0.540. The summed E-state index contributed by atoms with van der Waals surface area (Å²) in [5, 5.41) is 20.4. The summed E-state index contributed by atoms with van der Waals surface area (Å²) in [4.78, 5) is 18.8. The summed E-state index contributed by atoms with van der Waals surface area (Å²) in [6.07, 6.45) is 2.65. The van der Waals surface area contributed by atoms with Crippen molar-refractivity contribution in [3.05, 3.63) is 18.1 Å². The highest BCUT2D eigenvalue weighted by Crippen LogP contribution is 2.04. The van der Waals surface area contributed by atoms with Gasteiger partial charge in [-0.25, -0.2) is 9.78 Å². The number of ether oxygens (including phenoxy) is 1. The van der Waals surface area contributed by atoms with Crippen LogP contribution < -0.4 is 5.32 Å². The fourth-order valence-corrected chi connectivity index (χ4v) is 0.997. The van der Waals surface area contributed by atoms with Crippen molar-refractivity contribution in [2.24, 2.45) is 0 Å². The molecule has 1 rings (SSSR count). The van der Waals surface area contributed by atoms with Gasteiger partial charge in [0.05, 0.1) is 38.8 Å². The van der Waals surface area contributed by atoms with Crippen LogP contribution in [0.1, 0.15) is 10.5 Å². The zero-order valence-corrected chi connectivity index (χ0v) is 8.75. The molecule has 1 aromatic rings. The van der Waals surface area contributed by atoms with Crippen LogP contribution >= 0.6 is 0 Å². The van der Waals surface area contributed by atoms with E-state index in [1.165, 1.54) is 19.5 Å². The molecule has 0 saturated carbocycles. The summed E-state index contributed by atoms with van der Waals surface area (Å²) in [5.41, 5.74) is 0.0575. The summed E-state index contributed by atoms with van der Waals surface area (Å²) in [6.45, 7) is -0.499. The number of hydrogen-bond donors (Lipinski definition) is 3. The van der Waals surface area contributed by atoms with E-state index in [4.69, 9.17) is 10.2 Å². The largest absolute Gasteiger partial charge is 0.464 e. The SMILES string of the molecule is COC(=O)c1cncc(NC(CO)CO)n1. The second-order valence-electron chi connectivity index (χ2n) is 2.99. The van der Waals surface area contributed by atoms with Gasteiger partial charge in [0.25, 0.3) is 0 Å². The Morgan fingerprint density at radius 2 is 2.19 bits per heavy atom. The lowest BCUT2D eigenvalue weighted by Crippen LogP contribution is -2.28. The number of aliphatic hydroxyl groups excluding tert-OH is 2. The quantitative estimate of drug-likeness (QED) is 0.556. The Bertz CT molecular complexity index is 354. The van der Waals surface area contributed by atoms with Gasteiger partial charge in [-0.15, -0.1) is 0 Å². The van der Waals surface area contributed by atoms with Gasteiger partial charge in [-0.2, -0.15) is 0 Å². The number of hydrogen-bond acceptors (Lipinski definition) is 7. The average Bonchev–Trinajstić information content (AvgIpc) is 2.35. The van der Waals surface area contributed by atoms with Gasteiger partial charge in [0.1, 0.15) is 5.82 Å². The predicted molar refractivity (Wildman–Crippen MR) is 55.0 cm³/mol. The lowest BCUT2D eigenvalue weighted by molar-refractivity contribution is 0.0593. The van der Waals surface area contributed by atoms with Gasteiger partial charge in [0, 0.05) is 0 Å². The van der Waals surface area contributed by atoms with Crippen LogP contribution in [0.25, 0.3) is 0 Å². The number of nitrogens with one attached hydrogen (secondary N) is 1. The van der Waals surface area contributed by atoms with Crippen LogP contribution in [0.5, 0.6) is 0 Å². The monoisotopic (exact) mass is 227 g/mol. The van der Waals surface area contributed by atoms with E-state index in [1.807, 2.05) is 0 Å². The van der Waals surface area contributed by atoms with E-state index in [1.54, 1.807) is 0 Å². The van der Waals surface area contributed by atoms with E-state index in [-0.39, 0.29) is 24.7 Å². The zero-order valence-electron chi connectivity index (χ0n) is 8.75. The predicted octanol–water partition coefficient (Wildman–Crippen LogP) is -0.972. The van der Waals surface area contributed by atoms with Gasteiger partial charge in [-0.1, -0.05) is 0 Å². The number of esters is 1. The lowest BCUT2D eigenvalue weighted by Gasteiger charge is -2.13. The fourth-order valence-electron chi connectivity index (χ4n) is 0.997. The standard InChI is InChI=1S/C9H13N3O4/c1-16-9(15)7-2-10-3-8(12-7)11-6(4-13)5-14/h2-3,6,13-14H,4-5H2,1H3,(H,11,12). The number of anilines is 1. The van der Waals surface area contributed by atoms with Crippen LogP contribution in [0.15, 0.2) is 12.4 Å². The smallest absolute Gasteiger partial charge is 0.358 e. The molecule has 0 atom stereocenters. The normalized spacial score (nSPS) is 10.2. The van der Waals surface area contributed by atoms with Gasteiger partial charge in [-0.05, 0) is 0 Å². The highest BCUT2D eigenvalue weighted by molar-refractivity contribution is 5.87. The van der Waals surface area contributed by atoms with Gasteiger partial charge < -0.3 is 20.3 Å². The van der Waals surface area contributed by atoms with Crippen molar-refractivity contribution in [1.29, 1.82) is 0 Å². The lowest BCUT2D eigenvalue weighted by atomic mass is 10.3. The third kappa shape index (κ3) is 3.14. The molecule has 7 heteroatoms. The van der Waals surface area contributed by atoms with Crippen LogP contribution in [0.2, 0.25) is 0 Å². The maximum Gasteiger partial charge on any atom is 0.358 e. The molecular formula is C9H13N3O4. The molecule has 0 saturated heterocycles. The second-order valence-corrected chi connectivity index (χ2v) is 2.99. The Morgan fingerprint density at radius 1 is 1.50 bits per heavy atom. The summed E-state index contributed by atoms with van der Waals surface area (Å²) < 4.78 is 4.48. The topological polar surface area (TPSA) is 105 Å². The van der Waals surface area contributed by atoms with Crippen LogP contribution in [0.4, 0.5) is 5.82 Å². The minimum Gasteiger partial charge on any atom is -0.464 e. The Kier molecular flexibility index (Phi) is 4.62. The molecule has 16 heavy (non-hydrogen) atoms. The highest BCUT2D eigenvalue weighted by atomic mass is 16.5. The van der Waals surface area contributed by atoms with Gasteiger partial charge >= 0.3 is 5.97 Å². The Hall–Kier alpha value is -1.73. The summed E-state index contributed by atoms with van der Waals surface area (Å²) in [5.74, 6) is -0.309. The number of carbonyl (C=O) groups excluding carboxylic acids is 1. The highest BCUT2D eigenvalue weighted by Gasteiger charge is 2.11. The minimum atomic E-state index is -0.597. The number of rotatable bonds is 5. The molecule has 0 bridgehead atoms. The number of methoxy groups -OCH3 is 1. The first-order valence-electron chi connectivity index (χ1n) is 4.60. The van der Waals surface area contributed by atoms with E-state index >= 15 is 0 Å². The van der Waals surface area contributed by atoms with Crippen molar-refractivity contribution in [3.8, 4) is 0 Å². The Morgan fingerprint density at radius 3 is 2.75 bits per heavy atom.